The molecule has 2 rings (SSSR count). The molecule has 0 heterocycles. The van der Waals surface area contributed by atoms with Crippen molar-refractivity contribution in [1.82, 2.24) is 10.6 Å². The van der Waals surface area contributed by atoms with E-state index in [0.717, 1.165) is 12.8 Å². The molecule has 23 heavy (non-hydrogen) atoms. The zero-order valence-electron chi connectivity index (χ0n) is 14.3. The first-order valence-corrected chi connectivity index (χ1v) is 8.02. The molecule has 1 aliphatic carbocycles. The highest BCUT2D eigenvalue weighted by atomic mass is 16.4. The second kappa shape index (κ2) is 6.22. The number of hydrogen-bond acceptors (Lipinski definition) is 2. The molecule has 0 aliphatic heterocycles. The molecule has 1 unspecified atom stereocenters. The predicted octanol–water partition coefficient (Wildman–Crippen LogP) is 3.00. The molecule has 5 heteroatoms. The van der Waals surface area contributed by atoms with Gasteiger partial charge in [-0.05, 0) is 43.2 Å². The van der Waals surface area contributed by atoms with Crippen LogP contribution in [0.25, 0.3) is 0 Å². The van der Waals surface area contributed by atoms with Gasteiger partial charge in [-0.15, -0.1) is 0 Å². The topological polar surface area (TPSA) is 78.4 Å². The zero-order valence-corrected chi connectivity index (χ0v) is 14.3. The molecule has 1 aliphatic rings. The number of amides is 2. The van der Waals surface area contributed by atoms with Crippen molar-refractivity contribution < 1.29 is 14.7 Å². The van der Waals surface area contributed by atoms with Crippen molar-refractivity contribution in [2.24, 2.45) is 0 Å². The Balaban J connectivity index is 2.02. The third kappa shape index (κ3) is 3.84. The van der Waals surface area contributed by atoms with E-state index < -0.39 is 17.5 Å². The first-order chi connectivity index (χ1) is 10.6. The minimum absolute atomic E-state index is 0.153. The van der Waals surface area contributed by atoms with Gasteiger partial charge in [-0.25, -0.2) is 9.59 Å². The van der Waals surface area contributed by atoms with Crippen molar-refractivity contribution in [3.05, 3.63) is 35.4 Å². The van der Waals surface area contributed by atoms with E-state index in [1.54, 1.807) is 0 Å². The molecular formula is C18H26N2O3. The van der Waals surface area contributed by atoms with E-state index in [4.69, 9.17) is 5.11 Å². The van der Waals surface area contributed by atoms with Crippen LogP contribution in [0.5, 0.6) is 0 Å². The summed E-state index contributed by atoms with van der Waals surface area (Å²) in [5.41, 5.74) is 1.49. The quantitative estimate of drug-likeness (QED) is 0.798. The van der Waals surface area contributed by atoms with Crippen LogP contribution in [0.2, 0.25) is 0 Å². The lowest BCUT2D eigenvalue weighted by molar-refractivity contribution is -0.142. The number of aliphatic carboxylic acids is 1. The molecular weight excluding hydrogens is 292 g/mol. The summed E-state index contributed by atoms with van der Waals surface area (Å²) in [5.74, 6) is -0.796. The number of carbonyl (C=O) groups excluding carboxylic acids is 1. The Labute approximate surface area is 137 Å². The number of nitrogens with one attached hydrogen (secondary N) is 2. The normalized spacial score (nSPS) is 19.6. The molecule has 3 N–H and O–H groups in total. The van der Waals surface area contributed by atoms with Crippen molar-refractivity contribution >= 4 is 12.0 Å². The van der Waals surface area contributed by atoms with Gasteiger partial charge in [-0.2, -0.15) is 0 Å². The van der Waals surface area contributed by atoms with Gasteiger partial charge in [0.25, 0.3) is 0 Å². The third-order valence-corrected chi connectivity index (χ3v) is 4.72. The van der Waals surface area contributed by atoms with Crippen LogP contribution < -0.4 is 10.6 Å². The molecule has 5 nitrogen and oxygen atoms in total. The maximum absolute atomic E-state index is 12.0. The second-order valence-corrected chi connectivity index (χ2v) is 7.47. The maximum Gasteiger partial charge on any atom is 0.328 e. The summed E-state index contributed by atoms with van der Waals surface area (Å²) in [5, 5.41) is 14.4. The highest BCUT2D eigenvalue weighted by Gasteiger charge is 2.33. The smallest absolute Gasteiger partial charge is 0.328 e. The summed E-state index contributed by atoms with van der Waals surface area (Å²) in [6.45, 7) is 7.93. The van der Waals surface area contributed by atoms with Crippen molar-refractivity contribution in [2.75, 3.05) is 6.54 Å². The summed E-state index contributed by atoms with van der Waals surface area (Å²) in [4.78, 5) is 23.0. The van der Waals surface area contributed by atoms with Gasteiger partial charge in [-0.3, -0.25) is 0 Å². The number of carboxylic acid groups (broad SMARTS) is 1. The summed E-state index contributed by atoms with van der Waals surface area (Å²) < 4.78 is 0. The van der Waals surface area contributed by atoms with Crippen molar-refractivity contribution in [2.45, 2.75) is 57.4 Å². The largest absolute Gasteiger partial charge is 0.480 e. The Hall–Kier alpha value is -2.04. The van der Waals surface area contributed by atoms with Crippen LogP contribution in [0, 0.1) is 0 Å². The SMILES string of the molecule is CC(C)(NC(=O)NCC1CCC(C)(C)c2ccccc21)C(=O)O. The van der Waals surface area contributed by atoms with Gasteiger partial charge in [0.15, 0.2) is 0 Å². The number of benzene rings is 1. The fraction of sp³-hybridized carbons (Fsp3) is 0.556. The van der Waals surface area contributed by atoms with Crippen LogP contribution in [0.15, 0.2) is 24.3 Å². The van der Waals surface area contributed by atoms with E-state index in [1.807, 2.05) is 6.07 Å². The average molecular weight is 318 g/mol. The Morgan fingerprint density at radius 2 is 1.96 bits per heavy atom. The van der Waals surface area contributed by atoms with E-state index in [9.17, 15) is 9.59 Å². The molecule has 0 bridgehead atoms. The van der Waals surface area contributed by atoms with E-state index in [1.165, 1.54) is 25.0 Å². The summed E-state index contributed by atoms with van der Waals surface area (Å²) >= 11 is 0. The highest BCUT2D eigenvalue weighted by Crippen LogP contribution is 2.42. The van der Waals surface area contributed by atoms with Gasteiger partial charge in [0.05, 0.1) is 0 Å². The molecule has 1 atom stereocenters. The van der Waals surface area contributed by atoms with Crippen LogP contribution in [0.1, 0.15) is 57.6 Å². The first-order valence-electron chi connectivity index (χ1n) is 8.02. The van der Waals surface area contributed by atoms with Crippen molar-refractivity contribution in [3.8, 4) is 0 Å². The average Bonchev–Trinajstić information content (AvgIpc) is 2.46. The zero-order chi connectivity index (χ0) is 17.3. The lowest BCUT2D eigenvalue weighted by Crippen LogP contribution is -2.53. The molecule has 1 aromatic carbocycles. The minimum Gasteiger partial charge on any atom is -0.480 e. The van der Waals surface area contributed by atoms with Crippen LogP contribution in [-0.4, -0.2) is 29.2 Å². The lowest BCUT2D eigenvalue weighted by atomic mass is 9.69. The van der Waals surface area contributed by atoms with Gasteiger partial charge < -0.3 is 15.7 Å². The fourth-order valence-corrected chi connectivity index (χ4v) is 3.10. The van der Waals surface area contributed by atoms with Crippen LogP contribution in [-0.2, 0) is 10.2 Å². The van der Waals surface area contributed by atoms with Crippen molar-refractivity contribution in [1.29, 1.82) is 0 Å². The van der Waals surface area contributed by atoms with Crippen LogP contribution >= 0.6 is 0 Å². The number of hydrogen-bond donors (Lipinski definition) is 3. The number of carbonyl (C=O) groups is 2. The van der Waals surface area contributed by atoms with E-state index in [0.29, 0.717) is 6.54 Å². The first kappa shape index (κ1) is 17.3. The second-order valence-electron chi connectivity index (χ2n) is 7.47. The maximum atomic E-state index is 12.0. The minimum atomic E-state index is -1.28. The van der Waals surface area contributed by atoms with Gasteiger partial charge in [0.2, 0.25) is 0 Å². The number of urea groups is 1. The molecule has 0 fully saturated rings. The lowest BCUT2D eigenvalue weighted by Gasteiger charge is -2.37. The van der Waals surface area contributed by atoms with E-state index >= 15 is 0 Å². The van der Waals surface area contributed by atoms with Gasteiger partial charge >= 0.3 is 12.0 Å². The molecule has 0 saturated carbocycles. The van der Waals surface area contributed by atoms with Gasteiger partial charge in [0.1, 0.15) is 5.54 Å². The molecule has 0 saturated heterocycles. The molecule has 0 radical (unpaired) electrons. The summed E-state index contributed by atoms with van der Waals surface area (Å²) in [6, 6.07) is 7.93. The number of fused-ring (bicyclic) bond motifs is 1. The summed E-state index contributed by atoms with van der Waals surface area (Å²) in [7, 11) is 0. The molecule has 1 aromatic rings. The monoisotopic (exact) mass is 318 g/mol. The Bertz CT molecular complexity index is 608. The van der Waals surface area contributed by atoms with Crippen molar-refractivity contribution in [3.63, 3.8) is 0 Å². The van der Waals surface area contributed by atoms with Crippen LogP contribution in [0.3, 0.4) is 0 Å². The van der Waals surface area contributed by atoms with Gasteiger partial charge in [-0.1, -0.05) is 38.1 Å². The predicted molar refractivity (Wildman–Crippen MR) is 89.7 cm³/mol. The van der Waals surface area contributed by atoms with E-state index in [2.05, 4.69) is 42.7 Å². The number of carboxylic acids is 1. The number of rotatable bonds is 4. The Morgan fingerprint density at radius 1 is 1.30 bits per heavy atom. The Morgan fingerprint density at radius 3 is 2.61 bits per heavy atom. The fourth-order valence-electron chi connectivity index (χ4n) is 3.10. The standard InChI is InChI=1S/C18H26N2O3/c1-17(2)10-9-12(13-7-5-6-8-14(13)17)11-19-16(23)20-18(3,4)15(21)22/h5-8,12H,9-11H2,1-4H3,(H,21,22)(H2,19,20,23). The van der Waals surface area contributed by atoms with E-state index in [-0.39, 0.29) is 11.3 Å². The molecule has 0 aromatic heterocycles. The highest BCUT2D eigenvalue weighted by molar-refractivity contribution is 5.85. The Kier molecular flexibility index (Phi) is 4.68. The molecule has 126 valence electrons. The molecule has 2 amide bonds. The third-order valence-electron chi connectivity index (χ3n) is 4.72. The molecule has 0 spiro atoms. The van der Waals surface area contributed by atoms with Crippen LogP contribution in [0.4, 0.5) is 4.79 Å². The summed E-state index contributed by atoms with van der Waals surface area (Å²) in [6.07, 6.45) is 2.07. The van der Waals surface area contributed by atoms with Gasteiger partial charge in [0, 0.05) is 12.5 Å².